The minimum absolute atomic E-state index is 0.158. The number of fused-ring (bicyclic) bond motifs is 3. The Hall–Kier alpha value is -2.15. The van der Waals surface area contributed by atoms with Crippen LogP contribution in [0.25, 0.3) is 15.7 Å². The Bertz CT molecular complexity index is 875. The molecule has 0 saturated carbocycles. The Morgan fingerprint density at radius 3 is 2.90 bits per heavy atom. The zero-order valence-electron chi connectivity index (χ0n) is 11.8. The van der Waals surface area contributed by atoms with Crippen molar-refractivity contribution in [3.8, 4) is 0 Å². The molecule has 0 aliphatic carbocycles. The van der Waals surface area contributed by atoms with Crippen LogP contribution < -0.4 is 5.56 Å². The lowest BCUT2D eigenvalue weighted by Crippen LogP contribution is -2.30. The van der Waals surface area contributed by atoms with Crippen LogP contribution in [0.3, 0.4) is 0 Å². The predicted octanol–water partition coefficient (Wildman–Crippen LogP) is 1.84. The molecule has 0 aliphatic rings. The molecule has 3 aromatic rings. The lowest BCUT2D eigenvalue weighted by Gasteiger charge is -2.09. The number of hydrogen-bond acceptors (Lipinski definition) is 5. The highest BCUT2D eigenvalue weighted by Crippen LogP contribution is 2.24. The summed E-state index contributed by atoms with van der Waals surface area (Å²) in [5.41, 5.74) is 1.26. The van der Waals surface area contributed by atoms with Crippen LogP contribution in [0, 0.1) is 0 Å². The van der Waals surface area contributed by atoms with Crippen molar-refractivity contribution in [1.82, 2.24) is 14.2 Å². The maximum absolute atomic E-state index is 12.5. The number of carbonyl (C=O) groups is 1. The summed E-state index contributed by atoms with van der Waals surface area (Å²) < 4.78 is 8.99. The molecule has 110 valence electrons. The molecule has 3 aromatic heterocycles. The van der Waals surface area contributed by atoms with E-state index in [1.807, 2.05) is 28.8 Å². The molecule has 0 fully saturated rings. The summed E-state index contributed by atoms with van der Waals surface area (Å²) in [6.07, 6.45) is 0.666. The van der Waals surface area contributed by atoms with E-state index in [0.29, 0.717) is 11.9 Å². The summed E-state index contributed by atoms with van der Waals surface area (Å²) in [6, 6.07) is 3.83. The van der Waals surface area contributed by atoms with E-state index in [-0.39, 0.29) is 18.7 Å². The van der Waals surface area contributed by atoms with E-state index in [1.54, 1.807) is 18.3 Å². The number of rotatable bonds is 4. The zero-order valence-corrected chi connectivity index (χ0v) is 12.6. The van der Waals surface area contributed by atoms with Gasteiger partial charge in [-0.3, -0.25) is 14.0 Å². The van der Waals surface area contributed by atoms with Crippen molar-refractivity contribution in [1.29, 1.82) is 0 Å². The quantitative estimate of drug-likeness (QED) is 0.690. The van der Waals surface area contributed by atoms with Gasteiger partial charge in [-0.1, -0.05) is 6.92 Å². The van der Waals surface area contributed by atoms with Crippen molar-refractivity contribution < 1.29 is 9.53 Å². The minimum Gasteiger partial charge on any atom is -0.465 e. The van der Waals surface area contributed by atoms with Gasteiger partial charge >= 0.3 is 5.97 Å². The van der Waals surface area contributed by atoms with Gasteiger partial charge in [0.05, 0.1) is 16.8 Å². The Labute approximate surface area is 124 Å². The summed E-state index contributed by atoms with van der Waals surface area (Å²) >= 11 is 1.58. The second-order valence-corrected chi connectivity index (χ2v) is 5.52. The molecule has 3 heterocycles. The van der Waals surface area contributed by atoms with Crippen molar-refractivity contribution in [2.75, 3.05) is 6.61 Å². The molecular weight excluding hydrogens is 290 g/mol. The third kappa shape index (κ3) is 2.23. The third-order valence-electron chi connectivity index (χ3n) is 3.27. The number of carbonyl (C=O) groups excluding carboxylic acids is 1. The first-order valence-electron chi connectivity index (χ1n) is 6.80. The van der Waals surface area contributed by atoms with Gasteiger partial charge in [-0.25, -0.2) is 4.68 Å². The summed E-state index contributed by atoms with van der Waals surface area (Å²) in [4.78, 5) is 24.1. The molecule has 0 spiro atoms. The lowest BCUT2D eigenvalue weighted by molar-refractivity contribution is -0.144. The first-order valence-corrected chi connectivity index (χ1v) is 7.68. The second kappa shape index (κ2) is 5.33. The normalized spacial score (nSPS) is 11.3. The molecule has 0 bridgehead atoms. The van der Waals surface area contributed by atoms with Crippen LogP contribution in [0.5, 0.6) is 0 Å². The third-order valence-corrected chi connectivity index (χ3v) is 4.12. The van der Waals surface area contributed by atoms with Gasteiger partial charge in [0, 0.05) is 6.42 Å². The molecule has 6 nitrogen and oxygen atoms in total. The molecule has 0 amide bonds. The molecule has 0 N–H and O–H groups in total. The molecule has 0 radical (unpaired) electrons. The van der Waals surface area contributed by atoms with Gasteiger partial charge in [0.25, 0.3) is 5.56 Å². The van der Waals surface area contributed by atoms with Gasteiger partial charge in [0.15, 0.2) is 0 Å². The van der Waals surface area contributed by atoms with E-state index in [1.165, 1.54) is 4.68 Å². The molecule has 0 aliphatic heterocycles. The molecule has 3 rings (SSSR count). The lowest BCUT2D eigenvalue weighted by atomic mass is 10.4. The summed E-state index contributed by atoms with van der Waals surface area (Å²) in [7, 11) is 0. The fraction of sp³-hybridized carbons (Fsp3) is 0.357. The molecule has 0 unspecified atom stereocenters. The van der Waals surface area contributed by atoms with E-state index in [9.17, 15) is 9.59 Å². The van der Waals surface area contributed by atoms with Crippen LogP contribution in [-0.2, 0) is 22.5 Å². The van der Waals surface area contributed by atoms with E-state index in [0.717, 1.165) is 16.0 Å². The van der Waals surface area contributed by atoms with Crippen LogP contribution in [0.4, 0.5) is 0 Å². The monoisotopic (exact) mass is 305 g/mol. The fourth-order valence-corrected chi connectivity index (χ4v) is 3.19. The number of esters is 1. The van der Waals surface area contributed by atoms with Crippen molar-refractivity contribution >= 4 is 33.0 Å². The number of aryl methyl sites for hydroxylation is 1. The average Bonchev–Trinajstić information content (AvgIpc) is 3.03. The van der Waals surface area contributed by atoms with E-state index in [4.69, 9.17) is 4.74 Å². The van der Waals surface area contributed by atoms with Gasteiger partial charge in [-0.15, -0.1) is 11.3 Å². The van der Waals surface area contributed by atoms with Crippen molar-refractivity contribution in [3.05, 3.63) is 33.7 Å². The van der Waals surface area contributed by atoms with Crippen molar-refractivity contribution in [3.63, 3.8) is 0 Å². The van der Waals surface area contributed by atoms with E-state index < -0.39 is 5.97 Å². The van der Waals surface area contributed by atoms with E-state index >= 15 is 0 Å². The fourth-order valence-electron chi connectivity index (χ4n) is 2.39. The standard InChI is InChI=1S/C14H15N3O3S/c1-3-12-15-16(8-13(18)20-4-2)14(19)10-7-11-9(17(10)12)5-6-21-11/h5-7H,3-4,8H2,1-2H3. The Kier molecular flexibility index (Phi) is 3.50. The first-order chi connectivity index (χ1) is 10.2. The van der Waals surface area contributed by atoms with Crippen LogP contribution in [0.2, 0.25) is 0 Å². The second-order valence-electron chi connectivity index (χ2n) is 4.57. The van der Waals surface area contributed by atoms with Crippen molar-refractivity contribution in [2.24, 2.45) is 0 Å². The predicted molar refractivity (Wildman–Crippen MR) is 80.8 cm³/mol. The van der Waals surface area contributed by atoms with Gasteiger partial charge in [0.1, 0.15) is 17.9 Å². The van der Waals surface area contributed by atoms with Crippen LogP contribution in [0.15, 0.2) is 22.3 Å². The molecule has 0 atom stereocenters. The highest BCUT2D eigenvalue weighted by atomic mass is 32.1. The number of hydrogen-bond donors (Lipinski definition) is 0. The van der Waals surface area contributed by atoms with Crippen LogP contribution in [-0.4, -0.2) is 26.8 Å². The van der Waals surface area contributed by atoms with Gasteiger partial charge in [0.2, 0.25) is 0 Å². The summed E-state index contributed by atoms with van der Waals surface area (Å²) in [5, 5.41) is 6.30. The molecule has 21 heavy (non-hydrogen) atoms. The molecule has 0 aromatic carbocycles. The van der Waals surface area contributed by atoms with Crippen LogP contribution in [0.1, 0.15) is 19.7 Å². The highest BCUT2D eigenvalue weighted by molar-refractivity contribution is 7.17. The topological polar surface area (TPSA) is 65.6 Å². The number of aromatic nitrogens is 3. The molecule has 7 heteroatoms. The number of nitrogens with zero attached hydrogens (tertiary/aromatic N) is 3. The largest absolute Gasteiger partial charge is 0.465 e. The molecular formula is C14H15N3O3S. The molecule has 0 saturated heterocycles. The minimum atomic E-state index is -0.452. The Morgan fingerprint density at radius 1 is 1.38 bits per heavy atom. The highest BCUT2D eigenvalue weighted by Gasteiger charge is 2.15. The Morgan fingerprint density at radius 2 is 2.19 bits per heavy atom. The number of ether oxygens (including phenoxy) is 1. The zero-order chi connectivity index (χ0) is 15.0. The smallest absolute Gasteiger partial charge is 0.327 e. The van der Waals surface area contributed by atoms with Gasteiger partial charge in [-0.2, -0.15) is 5.10 Å². The number of thiophene rings is 1. The SMILES string of the molecule is CCOC(=O)Cn1nc(CC)n2c(cc3sccc32)c1=O. The van der Waals surface area contributed by atoms with Crippen molar-refractivity contribution in [2.45, 2.75) is 26.8 Å². The average molecular weight is 305 g/mol. The Balaban J connectivity index is 2.21. The van der Waals surface area contributed by atoms with Gasteiger partial charge in [-0.05, 0) is 24.4 Å². The maximum Gasteiger partial charge on any atom is 0.327 e. The van der Waals surface area contributed by atoms with Crippen LogP contribution >= 0.6 is 11.3 Å². The van der Waals surface area contributed by atoms with E-state index in [2.05, 4.69) is 5.10 Å². The summed E-state index contributed by atoms with van der Waals surface area (Å²) in [6.45, 7) is 3.83. The first kappa shape index (κ1) is 13.8. The summed E-state index contributed by atoms with van der Waals surface area (Å²) in [5.74, 6) is 0.300. The van der Waals surface area contributed by atoms with Gasteiger partial charge < -0.3 is 4.74 Å². The maximum atomic E-state index is 12.5.